The molecule has 1 aromatic carbocycles. The summed E-state index contributed by atoms with van der Waals surface area (Å²) in [6, 6.07) is 7.97. The molecule has 1 aromatic heterocycles. The van der Waals surface area contributed by atoms with Gasteiger partial charge in [-0.2, -0.15) is 0 Å². The first-order chi connectivity index (χ1) is 8.18. The highest BCUT2D eigenvalue weighted by atomic mass is 35.5. The second-order valence-corrected chi connectivity index (χ2v) is 5.17. The van der Waals surface area contributed by atoms with E-state index in [-0.39, 0.29) is 6.42 Å². The molecule has 17 heavy (non-hydrogen) atoms. The molecule has 0 aliphatic rings. The molecule has 0 unspecified atom stereocenters. The van der Waals surface area contributed by atoms with Crippen LogP contribution in [-0.2, 0) is 11.3 Å². The second-order valence-electron chi connectivity index (χ2n) is 3.66. The number of rotatable bonds is 5. The van der Waals surface area contributed by atoms with Crippen molar-refractivity contribution in [1.82, 2.24) is 5.32 Å². The van der Waals surface area contributed by atoms with Crippen LogP contribution in [0.25, 0.3) is 10.1 Å². The lowest BCUT2D eigenvalue weighted by Crippen LogP contribution is -2.17. The number of nitrogens with one attached hydrogen (secondary N) is 1. The van der Waals surface area contributed by atoms with Crippen LogP contribution in [0, 0.1) is 0 Å². The van der Waals surface area contributed by atoms with Crippen molar-refractivity contribution in [2.75, 3.05) is 6.54 Å². The van der Waals surface area contributed by atoms with Gasteiger partial charge in [0.25, 0.3) is 0 Å². The number of fused-ring (bicyclic) bond motifs is 1. The maximum Gasteiger partial charge on any atom is 0.304 e. The topological polar surface area (TPSA) is 49.3 Å². The summed E-state index contributed by atoms with van der Waals surface area (Å²) in [5.41, 5.74) is 0. The Morgan fingerprint density at radius 2 is 2.18 bits per heavy atom. The molecule has 0 bridgehead atoms. The van der Waals surface area contributed by atoms with E-state index in [1.807, 2.05) is 24.3 Å². The zero-order valence-corrected chi connectivity index (χ0v) is 10.6. The molecule has 3 nitrogen and oxygen atoms in total. The van der Waals surface area contributed by atoms with E-state index in [1.165, 1.54) is 0 Å². The molecule has 90 valence electrons. The Bertz CT molecular complexity index is 538. The van der Waals surface area contributed by atoms with E-state index in [4.69, 9.17) is 16.7 Å². The first-order valence-corrected chi connectivity index (χ1v) is 6.46. The van der Waals surface area contributed by atoms with Crippen LogP contribution in [0.15, 0.2) is 24.3 Å². The van der Waals surface area contributed by atoms with Crippen LogP contribution in [0.2, 0.25) is 5.02 Å². The fourth-order valence-corrected chi connectivity index (χ4v) is 3.04. The number of carboxylic acid groups (broad SMARTS) is 1. The zero-order chi connectivity index (χ0) is 12.3. The lowest BCUT2D eigenvalue weighted by Gasteiger charge is -2.00. The molecule has 0 fully saturated rings. The molecule has 2 aromatic rings. The van der Waals surface area contributed by atoms with E-state index in [9.17, 15) is 4.79 Å². The van der Waals surface area contributed by atoms with Gasteiger partial charge in [-0.05, 0) is 6.07 Å². The highest BCUT2D eigenvalue weighted by Crippen LogP contribution is 2.34. The van der Waals surface area contributed by atoms with E-state index in [2.05, 4.69) is 5.32 Å². The Labute approximate surface area is 108 Å². The molecule has 2 rings (SSSR count). The number of carbonyl (C=O) groups is 1. The van der Waals surface area contributed by atoms with Gasteiger partial charge < -0.3 is 10.4 Å². The van der Waals surface area contributed by atoms with Crippen LogP contribution >= 0.6 is 22.9 Å². The van der Waals surface area contributed by atoms with Gasteiger partial charge >= 0.3 is 5.97 Å². The monoisotopic (exact) mass is 269 g/mol. The number of thiophene rings is 1. The Balaban J connectivity index is 2.04. The van der Waals surface area contributed by atoms with Crippen molar-refractivity contribution in [3.05, 3.63) is 34.2 Å². The summed E-state index contributed by atoms with van der Waals surface area (Å²) < 4.78 is 1.16. The Morgan fingerprint density at radius 3 is 2.88 bits per heavy atom. The molecule has 5 heteroatoms. The molecule has 0 radical (unpaired) electrons. The second kappa shape index (κ2) is 5.49. The van der Waals surface area contributed by atoms with Gasteiger partial charge in [0.1, 0.15) is 0 Å². The fourth-order valence-electron chi connectivity index (χ4n) is 1.58. The number of hydrogen-bond donors (Lipinski definition) is 2. The first kappa shape index (κ1) is 12.4. The summed E-state index contributed by atoms with van der Waals surface area (Å²) in [6.45, 7) is 1.07. The predicted octanol–water partition coefficient (Wildman–Crippen LogP) is 3.12. The van der Waals surface area contributed by atoms with Gasteiger partial charge in [0, 0.05) is 28.1 Å². The Kier molecular flexibility index (Phi) is 3.99. The van der Waals surface area contributed by atoms with Gasteiger partial charge in [-0.15, -0.1) is 11.3 Å². The summed E-state index contributed by atoms with van der Waals surface area (Å²) in [6.07, 6.45) is 0.127. The minimum atomic E-state index is -0.792. The van der Waals surface area contributed by atoms with Crippen LogP contribution < -0.4 is 5.32 Å². The molecule has 2 N–H and O–H groups in total. The largest absolute Gasteiger partial charge is 0.481 e. The molecule has 0 spiro atoms. The van der Waals surface area contributed by atoms with Crippen LogP contribution in [0.3, 0.4) is 0 Å². The third kappa shape index (κ3) is 2.97. The van der Waals surface area contributed by atoms with Gasteiger partial charge in [0.2, 0.25) is 0 Å². The molecule has 0 saturated heterocycles. The molecule has 0 saturated carbocycles. The summed E-state index contributed by atoms with van der Waals surface area (Å²) in [7, 11) is 0. The normalized spacial score (nSPS) is 10.9. The molecule has 0 aliphatic carbocycles. The summed E-state index contributed by atoms with van der Waals surface area (Å²) in [5.74, 6) is -0.792. The molecule has 0 aliphatic heterocycles. The van der Waals surface area contributed by atoms with Crippen LogP contribution in [0.5, 0.6) is 0 Å². The van der Waals surface area contributed by atoms with Gasteiger partial charge in [-0.1, -0.05) is 29.8 Å². The third-order valence-electron chi connectivity index (χ3n) is 2.40. The third-order valence-corrected chi connectivity index (χ3v) is 4.12. The highest BCUT2D eigenvalue weighted by molar-refractivity contribution is 7.19. The average Bonchev–Trinajstić information content (AvgIpc) is 2.63. The van der Waals surface area contributed by atoms with Crippen molar-refractivity contribution in [2.45, 2.75) is 13.0 Å². The van der Waals surface area contributed by atoms with Gasteiger partial charge in [0.05, 0.1) is 11.4 Å². The summed E-state index contributed by atoms with van der Waals surface area (Å²) >= 11 is 7.89. The van der Waals surface area contributed by atoms with Crippen molar-refractivity contribution in [2.24, 2.45) is 0 Å². The van der Waals surface area contributed by atoms with Crippen molar-refractivity contribution < 1.29 is 9.90 Å². The van der Waals surface area contributed by atoms with E-state index >= 15 is 0 Å². The standard InChI is InChI=1S/C12H12ClNO2S/c13-12-8-3-1-2-4-9(8)17-10(12)7-14-6-5-11(15)16/h1-4,14H,5-7H2,(H,15,16). The van der Waals surface area contributed by atoms with Crippen LogP contribution in [0.4, 0.5) is 0 Å². The predicted molar refractivity (Wildman–Crippen MR) is 70.8 cm³/mol. The smallest absolute Gasteiger partial charge is 0.304 e. The highest BCUT2D eigenvalue weighted by Gasteiger charge is 2.09. The first-order valence-electron chi connectivity index (χ1n) is 5.27. The SMILES string of the molecule is O=C(O)CCNCc1sc2ccccc2c1Cl. The number of aliphatic carboxylic acids is 1. The quantitative estimate of drug-likeness (QED) is 0.820. The zero-order valence-electron chi connectivity index (χ0n) is 9.07. The van der Waals surface area contributed by atoms with E-state index < -0.39 is 5.97 Å². The van der Waals surface area contributed by atoms with Crippen LogP contribution in [-0.4, -0.2) is 17.6 Å². The van der Waals surface area contributed by atoms with Crippen LogP contribution in [0.1, 0.15) is 11.3 Å². The number of hydrogen-bond acceptors (Lipinski definition) is 3. The Hall–Kier alpha value is -1.10. The van der Waals surface area contributed by atoms with Gasteiger partial charge in [0.15, 0.2) is 0 Å². The molecular weight excluding hydrogens is 258 g/mol. The molecule has 0 amide bonds. The molecular formula is C12H12ClNO2S. The molecule has 0 atom stereocenters. The van der Waals surface area contributed by atoms with Crippen molar-refractivity contribution >= 4 is 39.0 Å². The number of benzene rings is 1. The maximum atomic E-state index is 10.4. The number of carboxylic acids is 1. The lowest BCUT2D eigenvalue weighted by molar-refractivity contribution is -0.136. The fraction of sp³-hybridized carbons (Fsp3) is 0.250. The van der Waals surface area contributed by atoms with E-state index in [0.29, 0.717) is 13.1 Å². The van der Waals surface area contributed by atoms with Crippen molar-refractivity contribution in [1.29, 1.82) is 0 Å². The van der Waals surface area contributed by atoms with E-state index in [1.54, 1.807) is 11.3 Å². The lowest BCUT2D eigenvalue weighted by atomic mass is 10.2. The van der Waals surface area contributed by atoms with Gasteiger partial charge in [-0.3, -0.25) is 4.79 Å². The minimum absolute atomic E-state index is 0.127. The average molecular weight is 270 g/mol. The van der Waals surface area contributed by atoms with E-state index in [0.717, 1.165) is 20.0 Å². The van der Waals surface area contributed by atoms with Gasteiger partial charge in [-0.25, -0.2) is 0 Å². The summed E-state index contributed by atoms with van der Waals surface area (Å²) in [4.78, 5) is 11.4. The van der Waals surface area contributed by atoms with Crippen molar-refractivity contribution in [3.63, 3.8) is 0 Å². The molecule has 1 heterocycles. The Morgan fingerprint density at radius 1 is 1.41 bits per heavy atom. The van der Waals surface area contributed by atoms with Crippen molar-refractivity contribution in [3.8, 4) is 0 Å². The minimum Gasteiger partial charge on any atom is -0.481 e. The summed E-state index contributed by atoms with van der Waals surface area (Å²) in [5, 5.41) is 13.4. The number of halogens is 1. The maximum absolute atomic E-state index is 10.4.